The zero-order chi connectivity index (χ0) is 25.6. The van der Waals surface area contributed by atoms with Gasteiger partial charge < -0.3 is 35.5 Å². The van der Waals surface area contributed by atoms with E-state index in [0.29, 0.717) is 0 Å². The number of β-amino-alcohol motifs (C(OH)–C–C–N with tert-alkyl or cyclic N) is 1. The summed E-state index contributed by atoms with van der Waals surface area (Å²) in [5.74, 6) is -4.78. The summed E-state index contributed by atoms with van der Waals surface area (Å²) >= 11 is 0. The minimum absolute atomic E-state index is 0.131. The second-order valence-electron chi connectivity index (χ2n) is 7.13. The number of amides is 1. The van der Waals surface area contributed by atoms with Gasteiger partial charge in [-0.3, -0.25) is 4.79 Å². The van der Waals surface area contributed by atoms with Gasteiger partial charge >= 0.3 is 17.9 Å². The first-order valence-corrected chi connectivity index (χ1v) is 9.63. The topological polar surface area (TPSA) is 218 Å². The van der Waals surface area contributed by atoms with E-state index in [2.05, 4.69) is 10.2 Å². The number of carboxylic acid groups (broad SMARTS) is 3. The first-order chi connectivity index (χ1) is 15.9. The minimum Gasteiger partial charge on any atom is -0.507 e. The van der Waals surface area contributed by atoms with Crippen LogP contribution in [-0.4, -0.2) is 78.0 Å². The SMILES string of the molecule is CC(=O)N1C[C@H](O)C[C@H]1C(=O)O.O=C(O)c1cc(N=Nc2ccc(O)c(C(=O)O)c2)ccc1O. The summed E-state index contributed by atoms with van der Waals surface area (Å²) in [6.45, 7) is 1.43. The summed E-state index contributed by atoms with van der Waals surface area (Å²) in [5, 5.41) is 61.8. The fourth-order valence-electron chi connectivity index (χ4n) is 3.03. The predicted octanol–water partition coefficient (Wildman–Crippen LogP) is 1.96. The Morgan fingerprint density at radius 3 is 1.62 bits per heavy atom. The number of phenols is 2. The number of rotatable bonds is 5. The van der Waals surface area contributed by atoms with Crippen molar-refractivity contribution in [2.45, 2.75) is 25.5 Å². The molecule has 34 heavy (non-hydrogen) atoms. The number of aliphatic hydroxyl groups is 1. The van der Waals surface area contributed by atoms with E-state index in [1.807, 2.05) is 0 Å². The standard InChI is InChI=1S/C14H10N2O6.C7H11NO4/c17-11-3-1-7(5-9(11)13(19)20)15-16-8-2-4-12(18)10(6-8)14(21)22;1-4(9)8-3-5(10)2-6(8)7(11)12/h1-6,17-18H,(H,19,20)(H,21,22);5-6,10H,2-3H2,1H3,(H,11,12)/t;5-,6+/m.1/s1. The molecule has 13 nitrogen and oxygen atoms in total. The molecule has 6 N–H and O–H groups in total. The molecule has 0 aromatic heterocycles. The number of likely N-dealkylation sites (tertiary alicyclic amines) is 1. The van der Waals surface area contributed by atoms with Gasteiger partial charge in [-0.05, 0) is 36.4 Å². The normalized spacial score (nSPS) is 17.2. The molecule has 0 spiro atoms. The molecule has 1 saturated heterocycles. The molecule has 0 radical (unpaired) electrons. The van der Waals surface area contributed by atoms with Crippen LogP contribution in [0.5, 0.6) is 11.5 Å². The number of aromatic carboxylic acids is 2. The van der Waals surface area contributed by atoms with Crippen LogP contribution in [0.15, 0.2) is 46.6 Å². The van der Waals surface area contributed by atoms with Crippen LogP contribution in [0, 0.1) is 0 Å². The van der Waals surface area contributed by atoms with Crippen molar-refractivity contribution >= 4 is 35.2 Å². The Morgan fingerprint density at radius 2 is 1.29 bits per heavy atom. The Morgan fingerprint density at radius 1 is 0.853 bits per heavy atom. The maximum atomic E-state index is 10.9. The van der Waals surface area contributed by atoms with Crippen LogP contribution in [0.2, 0.25) is 0 Å². The van der Waals surface area contributed by atoms with Crippen LogP contribution >= 0.6 is 0 Å². The largest absolute Gasteiger partial charge is 0.507 e. The van der Waals surface area contributed by atoms with E-state index in [1.54, 1.807) is 0 Å². The summed E-state index contributed by atoms with van der Waals surface area (Å²) in [7, 11) is 0. The van der Waals surface area contributed by atoms with Gasteiger partial charge in [0.2, 0.25) is 5.91 Å². The molecular weight excluding hydrogens is 454 g/mol. The van der Waals surface area contributed by atoms with Crippen molar-refractivity contribution in [2.24, 2.45) is 10.2 Å². The van der Waals surface area contributed by atoms with E-state index in [0.717, 1.165) is 24.3 Å². The zero-order valence-electron chi connectivity index (χ0n) is 17.7. The first-order valence-electron chi connectivity index (χ1n) is 9.63. The summed E-state index contributed by atoms with van der Waals surface area (Å²) in [4.78, 5) is 44.3. The molecule has 180 valence electrons. The van der Waals surface area contributed by atoms with Gasteiger partial charge in [0, 0.05) is 19.9 Å². The van der Waals surface area contributed by atoms with Crippen LogP contribution in [0.25, 0.3) is 0 Å². The maximum Gasteiger partial charge on any atom is 0.339 e. The number of azo groups is 1. The number of hydrogen-bond acceptors (Lipinski definition) is 9. The third kappa shape index (κ3) is 6.49. The molecule has 2 aromatic carbocycles. The van der Waals surface area contributed by atoms with Crippen molar-refractivity contribution in [3.05, 3.63) is 47.5 Å². The highest BCUT2D eigenvalue weighted by molar-refractivity contribution is 5.92. The zero-order valence-corrected chi connectivity index (χ0v) is 17.7. The van der Waals surface area contributed by atoms with E-state index in [1.165, 1.54) is 24.0 Å². The fraction of sp³-hybridized carbons (Fsp3) is 0.238. The molecule has 2 atom stereocenters. The second-order valence-corrected chi connectivity index (χ2v) is 7.13. The quantitative estimate of drug-likeness (QED) is 0.345. The molecule has 1 fully saturated rings. The molecule has 0 saturated carbocycles. The van der Waals surface area contributed by atoms with Crippen LogP contribution in [-0.2, 0) is 9.59 Å². The lowest BCUT2D eigenvalue weighted by molar-refractivity contribution is -0.147. The number of hydrogen-bond donors (Lipinski definition) is 6. The lowest BCUT2D eigenvalue weighted by atomic mass is 10.2. The lowest BCUT2D eigenvalue weighted by Gasteiger charge is -2.18. The number of nitrogens with zero attached hydrogens (tertiary/aromatic N) is 3. The summed E-state index contributed by atoms with van der Waals surface area (Å²) in [6.07, 6.45) is -0.565. The molecule has 1 aliphatic rings. The van der Waals surface area contributed by atoms with E-state index in [-0.39, 0.29) is 41.4 Å². The van der Waals surface area contributed by atoms with Gasteiger partial charge in [0.25, 0.3) is 0 Å². The molecule has 2 aromatic rings. The summed E-state index contributed by atoms with van der Waals surface area (Å²) < 4.78 is 0. The predicted molar refractivity (Wildman–Crippen MR) is 114 cm³/mol. The van der Waals surface area contributed by atoms with Gasteiger partial charge in [-0.1, -0.05) is 0 Å². The smallest absolute Gasteiger partial charge is 0.339 e. The second kappa shape index (κ2) is 10.9. The molecule has 1 aliphatic heterocycles. The van der Waals surface area contributed by atoms with Crippen LogP contribution in [0.4, 0.5) is 11.4 Å². The van der Waals surface area contributed by atoms with Crippen molar-refractivity contribution in [2.75, 3.05) is 6.54 Å². The van der Waals surface area contributed by atoms with Crippen LogP contribution < -0.4 is 0 Å². The number of aliphatic hydroxyl groups excluding tert-OH is 1. The summed E-state index contributed by atoms with van der Waals surface area (Å²) in [6, 6.07) is 6.43. The Hall–Kier alpha value is -4.52. The number of carboxylic acids is 3. The van der Waals surface area contributed by atoms with E-state index < -0.39 is 41.6 Å². The third-order valence-electron chi connectivity index (χ3n) is 4.67. The lowest BCUT2D eigenvalue weighted by Crippen LogP contribution is -2.39. The van der Waals surface area contributed by atoms with Gasteiger partial charge in [-0.25, -0.2) is 14.4 Å². The highest BCUT2D eigenvalue weighted by Crippen LogP contribution is 2.27. The van der Waals surface area contributed by atoms with E-state index in [9.17, 15) is 29.4 Å². The highest BCUT2D eigenvalue weighted by atomic mass is 16.4. The molecule has 0 bridgehead atoms. The van der Waals surface area contributed by atoms with Crippen molar-refractivity contribution in [3.8, 4) is 11.5 Å². The number of benzene rings is 2. The van der Waals surface area contributed by atoms with Crippen molar-refractivity contribution in [3.63, 3.8) is 0 Å². The first kappa shape index (κ1) is 25.7. The Bertz CT molecular complexity index is 1060. The van der Waals surface area contributed by atoms with Gasteiger partial charge in [0.05, 0.1) is 17.5 Å². The number of aromatic hydroxyl groups is 2. The van der Waals surface area contributed by atoms with Gasteiger partial charge in [-0.15, -0.1) is 0 Å². The molecule has 1 heterocycles. The molecule has 0 unspecified atom stereocenters. The molecular formula is C21H21N3O10. The Kier molecular flexibility index (Phi) is 8.23. The Balaban J connectivity index is 0.000000287. The van der Waals surface area contributed by atoms with Gasteiger partial charge in [0.15, 0.2) is 0 Å². The average Bonchev–Trinajstić information content (AvgIpc) is 3.16. The number of aliphatic carboxylic acids is 1. The average molecular weight is 475 g/mol. The number of carbonyl (C=O) groups excluding carboxylic acids is 1. The number of carbonyl (C=O) groups is 4. The van der Waals surface area contributed by atoms with Crippen LogP contribution in [0.3, 0.4) is 0 Å². The minimum atomic E-state index is -1.31. The van der Waals surface area contributed by atoms with Gasteiger partial charge in [0.1, 0.15) is 28.7 Å². The van der Waals surface area contributed by atoms with Crippen molar-refractivity contribution in [1.82, 2.24) is 4.90 Å². The van der Waals surface area contributed by atoms with E-state index in [4.69, 9.17) is 20.4 Å². The fourth-order valence-corrected chi connectivity index (χ4v) is 3.03. The maximum absolute atomic E-state index is 10.9. The highest BCUT2D eigenvalue weighted by Gasteiger charge is 2.37. The molecule has 1 amide bonds. The third-order valence-corrected chi connectivity index (χ3v) is 4.67. The monoisotopic (exact) mass is 475 g/mol. The van der Waals surface area contributed by atoms with Crippen molar-refractivity contribution in [1.29, 1.82) is 0 Å². The van der Waals surface area contributed by atoms with E-state index >= 15 is 0 Å². The molecule has 0 aliphatic carbocycles. The summed E-state index contributed by atoms with van der Waals surface area (Å²) in [5.41, 5.74) is -0.318. The van der Waals surface area contributed by atoms with Crippen molar-refractivity contribution < 1.29 is 49.8 Å². The molecule has 3 rings (SSSR count). The van der Waals surface area contributed by atoms with Gasteiger partial charge in [-0.2, -0.15) is 10.2 Å². The Labute approximate surface area is 191 Å². The molecule has 13 heteroatoms. The van der Waals surface area contributed by atoms with Crippen LogP contribution in [0.1, 0.15) is 34.1 Å².